The van der Waals surface area contributed by atoms with Gasteiger partial charge in [-0.2, -0.15) is 0 Å². The van der Waals surface area contributed by atoms with Crippen LogP contribution in [0.4, 0.5) is 5.69 Å². The van der Waals surface area contributed by atoms with Crippen LogP contribution in [0.25, 0.3) is 0 Å². The molecule has 2 aromatic rings. The molecule has 1 aromatic carbocycles. The maximum atomic E-state index is 12.3. The fourth-order valence-electron chi connectivity index (χ4n) is 1.76. The maximum Gasteiger partial charge on any atom is 0.371 e. The summed E-state index contributed by atoms with van der Waals surface area (Å²) in [5.74, 6) is -1.73. The van der Waals surface area contributed by atoms with Crippen LogP contribution in [-0.4, -0.2) is 19.5 Å². The average Bonchev–Trinajstić information content (AvgIpc) is 2.78. The fourth-order valence-corrected chi connectivity index (χ4v) is 3.51. The molecule has 1 aromatic heterocycles. The van der Waals surface area contributed by atoms with Crippen molar-refractivity contribution in [1.82, 2.24) is 0 Å². The molecular formula is C13H12BrNO5S. The smallest absolute Gasteiger partial charge is 0.371 e. The highest BCUT2D eigenvalue weighted by atomic mass is 79.9. The zero-order valence-corrected chi connectivity index (χ0v) is 13.6. The van der Waals surface area contributed by atoms with Crippen LogP contribution in [0, 0.1) is 13.8 Å². The highest BCUT2D eigenvalue weighted by Gasteiger charge is 2.24. The summed E-state index contributed by atoms with van der Waals surface area (Å²) in [6.07, 6.45) is 0. The Hall–Kier alpha value is -1.80. The molecule has 2 N–H and O–H groups in total. The van der Waals surface area contributed by atoms with Gasteiger partial charge in [0.25, 0.3) is 10.0 Å². The van der Waals surface area contributed by atoms with E-state index in [0.29, 0.717) is 10.2 Å². The number of carboxylic acid groups (broad SMARTS) is 1. The molecule has 0 unspecified atom stereocenters. The molecular weight excluding hydrogens is 362 g/mol. The predicted molar refractivity (Wildman–Crippen MR) is 80.1 cm³/mol. The van der Waals surface area contributed by atoms with Crippen LogP contribution in [0.5, 0.6) is 0 Å². The topological polar surface area (TPSA) is 96.6 Å². The van der Waals surface area contributed by atoms with Gasteiger partial charge in [0, 0.05) is 10.5 Å². The van der Waals surface area contributed by atoms with Gasteiger partial charge in [-0.15, -0.1) is 0 Å². The van der Waals surface area contributed by atoms with Crippen LogP contribution in [-0.2, 0) is 10.0 Å². The summed E-state index contributed by atoms with van der Waals surface area (Å²) in [4.78, 5) is 10.6. The molecule has 1 heterocycles. The Labute approximate surface area is 130 Å². The van der Waals surface area contributed by atoms with Crippen molar-refractivity contribution in [2.75, 3.05) is 4.72 Å². The second-order valence-corrected chi connectivity index (χ2v) is 6.82. The van der Waals surface area contributed by atoms with E-state index in [0.717, 1.165) is 11.6 Å². The molecule has 0 saturated heterocycles. The van der Waals surface area contributed by atoms with Crippen molar-refractivity contribution in [1.29, 1.82) is 0 Å². The summed E-state index contributed by atoms with van der Waals surface area (Å²) in [7, 11) is -3.93. The number of carbonyl (C=O) groups is 1. The third-order valence-electron chi connectivity index (χ3n) is 2.81. The summed E-state index contributed by atoms with van der Waals surface area (Å²) >= 11 is 3.31. The van der Waals surface area contributed by atoms with E-state index in [2.05, 4.69) is 20.7 Å². The molecule has 0 fully saturated rings. The van der Waals surface area contributed by atoms with Crippen molar-refractivity contribution in [3.8, 4) is 0 Å². The number of furan rings is 1. The average molecular weight is 374 g/mol. The summed E-state index contributed by atoms with van der Waals surface area (Å²) in [5, 5.41) is 8.84. The van der Waals surface area contributed by atoms with E-state index in [4.69, 9.17) is 9.52 Å². The molecule has 0 aliphatic carbocycles. The van der Waals surface area contributed by atoms with Gasteiger partial charge < -0.3 is 9.52 Å². The first-order chi connectivity index (χ1) is 9.72. The molecule has 0 aliphatic rings. The number of carboxylic acids is 1. The van der Waals surface area contributed by atoms with Crippen LogP contribution >= 0.6 is 15.9 Å². The molecule has 0 aliphatic heterocycles. The standard InChI is InChI=1S/C13H12BrNO5S/c1-7-4-3-5-9(12(7)14)15-21(18,19)11-6-10(13(16)17)20-8(11)2/h3-6,15H,1-2H3,(H,16,17). The first-order valence-electron chi connectivity index (χ1n) is 5.84. The number of sulfonamides is 1. The van der Waals surface area contributed by atoms with Gasteiger partial charge in [0.15, 0.2) is 0 Å². The molecule has 112 valence electrons. The number of halogens is 1. The number of aryl methyl sites for hydroxylation is 2. The quantitative estimate of drug-likeness (QED) is 0.857. The van der Waals surface area contributed by atoms with Crippen molar-refractivity contribution in [3.05, 3.63) is 45.8 Å². The fraction of sp³-hybridized carbons (Fsp3) is 0.154. The Morgan fingerprint density at radius 2 is 2.00 bits per heavy atom. The number of nitrogens with one attached hydrogen (secondary N) is 1. The van der Waals surface area contributed by atoms with Gasteiger partial charge >= 0.3 is 5.97 Å². The Balaban J connectivity index is 2.43. The lowest BCUT2D eigenvalue weighted by atomic mass is 10.2. The highest BCUT2D eigenvalue weighted by Crippen LogP contribution is 2.29. The highest BCUT2D eigenvalue weighted by molar-refractivity contribution is 9.10. The SMILES string of the molecule is Cc1cccc(NS(=O)(=O)c2cc(C(=O)O)oc2C)c1Br. The van der Waals surface area contributed by atoms with Gasteiger partial charge in [-0.05, 0) is 41.4 Å². The normalized spacial score (nSPS) is 11.4. The minimum atomic E-state index is -3.93. The first kappa shape index (κ1) is 15.6. The molecule has 21 heavy (non-hydrogen) atoms. The second kappa shape index (κ2) is 5.53. The molecule has 2 rings (SSSR count). The monoisotopic (exact) mass is 373 g/mol. The van der Waals surface area contributed by atoms with Crippen molar-refractivity contribution in [2.24, 2.45) is 0 Å². The molecule has 0 saturated carbocycles. The molecule has 0 atom stereocenters. The summed E-state index contributed by atoms with van der Waals surface area (Å²) in [5.41, 5.74) is 1.23. The van der Waals surface area contributed by atoms with Crippen LogP contribution in [0.2, 0.25) is 0 Å². The van der Waals surface area contributed by atoms with Gasteiger partial charge in [0.2, 0.25) is 5.76 Å². The summed E-state index contributed by atoms with van der Waals surface area (Å²) in [6, 6.07) is 6.13. The van der Waals surface area contributed by atoms with Gasteiger partial charge in [0.1, 0.15) is 10.7 Å². The lowest BCUT2D eigenvalue weighted by Crippen LogP contribution is -2.13. The Kier molecular flexibility index (Phi) is 4.11. The maximum absolute atomic E-state index is 12.3. The minimum absolute atomic E-state index is 0.0173. The third-order valence-corrected chi connectivity index (χ3v) is 5.33. The minimum Gasteiger partial charge on any atom is -0.475 e. The van der Waals surface area contributed by atoms with Crippen LogP contribution in [0.1, 0.15) is 21.9 Å². The van der Waals surface area contributed by atoms with Gasteiger partial charge in [-0.3, -0.25) is 4.72 Å². The third kappa shape index (κ3) is 3.11. The Morgan fingerprint density at radius 3 is 2.57 bits per heavy atom. The molecule has 8 heteroatoms. The van der Waals surface area contributed by atoms with Crippen molar-refractivity contribution >= 4 is 37.6 Å². The lowest BCUT2D eigenvalue weighted by Gasteiger charge is -2.10. The van der Waals surface area contributed by atoms with E-state index in [1.165, 1.54) is 6.92 Å². The lowest BCUT2D eigenvalue weighted by molar-refractivity contribution is 0.0661. The number of hydrogen-bond donors (Lipinski definition) is 2. The van der Waals surface area contributed by atoms with E-state index in [1.54, 1.807) is 12.1 Å². The van der Waals surface area contributed by atoms with Crippen molar-refractivity contribution in [2.45, 2.75) is 18.7 Å². The number of benzene rings is 1. The summed E-state index contributed by atoms with van der Waals surface area (Å²) in [6.45, 7) is 3.22. The molecule has 0 radical (unpaired) electrons. The Bertz CT molecular complexity index is 810. The zero-order valence-electron chi connectivity index (χ0n) is 11.2. The van der Waals surface area contributed by atoms with E-state index >= 15 is 0 Å². The van der Waals surface area contributed by atoms with Crippen LogP contribution < -0.4 is 4.72 Å². The first-order valence-corrected chi connectivity index (χ1v) is 8.11. The van der Waals surface area contributed by atoms with Crippen LogP contribution in [0.3, 0.4) is 0 Å². The molecule has 0 amide bonds. The predicted octanol–water partition coefficient (Wildman–Crippen LogP) is 3.16. The van der Waals surface area contributed by atoms with Gasteiger partial charge in [-0.1, -0.05) is 12.1 Å². The molecule has 0 spiro atoms. The number of rotatable bonds is 4. The van der Waals surface area contributed by atoms with E-state index in [9.17, 15) is 13.2 Å². The van der Waals surface area contributed by atoms with E-state index in [-0.39, 0.29) is 10.7 Å². The number of hydrogen-bond acceptors (Lipinski definition) is 4. The van der Waals surface area contributed by atoms with E-state index in [1.807, 2.05) is 13.0 Å². The zero-order chi connectivity index (χ0) is 15.8. The van der Waals surface area contributed by atoms with Crippen molar-refractivity contribution < 1.29 is 22.7 Å². The van der Waals surface area contributed by atoms with E-state index < -0.39 is 21.8 Å². The molecule has 6 nitrogen and oxygen atoms in total. The largest absolute Gasteiger partial charge is 0.475 e. The van der Waals surface area contributed by atoms with Gasteiger partial charge in [-0.25, -0.2) is 13.2 Å². The van der Waals surface area contributed by atoms with Gasteiger partial charge in [0.05, 0.1) is 5.69 Å². The number of aromatic carboxylic acids is 1. The number of anilines is 1. The Morgan fingerprint density at radius 1 is 1.33 bits per heavy atom. The van der Waals surface area contributed by atoms with Crippen molar-refractivity contribution in [3.63, 3.8) is 0 Å². The van der Waals surface area contributed by atoms with Crippen LogP contribution in [0.15, 0.2) is 38.1 Å². The second-order valence-electron chi connectivity index (χ2n) is 4.38. The molecule has 0 bridgehead atoms. The summed E-state index contributed by atoms with van der Waals surface area (Å²) < 4.78 is 32.6.